The van der Waals surface area contributed by atoms with Gasteiger partial charge in [-0.25, -0.2) is 0 Å². The average Bonchev–Trinajstić information content (AvgIpc) is 2.86. The van der Waals surface area contributed by atoms with Gasteiger partial charge in [-0.05, 0) is 12.1 Å². The molecule has 0 bridgehead atoms. The normalized spacial score (nSPS) is 13.7. The molecule has 2 aromatic rings. The zero-order chi connectivity index (χ0) is 19.6. The number of benzene rings is 2. The van der Waals surface area contributed by atoms with E-state index < -0.39 is 0 Å². The number of hydrogen-bond acceptors (Lipinski definition) is 2. The van der Waals surface area contributed by atoms with E-state index in [1.807, 2.05) is 0 Å². The first-order chi connectivity index (χ1) is 12.8. The zero-order valence-electron chi connectivity index (χ0n) is 17.0. The van der Waals surface area contributed by atoms with Crippen molar-refractivity contribution >= 4 is 11.8 Å². The van der Waals surface area contributed by atoms with Crippen LogP contribution >= 0.6 is 0 Å². The number of imide groups is 1. The molecule has 0 saturated heterocycles. The van der Waals surface area contributed by atoms with Crippen LogP contribution in [0, 0.1) is 0 Å². The molecule has 0 aliphatic carbocycles. The Morgan fingerprint density at radius 2 is 1.36 bits per heavy atom. The van der Waals surface area contributed by atoms with Crippen LogP contribution in [0.5, 0.6) is 0 Å². The number of nitrogens with zero attached hydrogens (tertiary/aromatic N) is 2. The molecule has 0 unspecified atom stereocenters. The number of carbonyl (C=O) groups is 2. The molecular weight excluding hydrogens is 465 g/mol. The van der Waals surface area contributed by atoms with Crippen LogP contribution in [-0.2, 0) is 13.1 Å². The summed E-state index contributed by atoms with van der Waals surface area (Å²) in [5.41, 5.74) is 3.63. The minimum absolute atomic E-state index is 0. The van der Waals surface area contributed by atoms with Crippen LogP contribution in [0.15, 0.2) is 48.5 Å². The van der Waals surface area contributed by atoms with Gasteiger partial charge < -0.3 is 33.4 Å². The Hall–Kier alpha value is -1.77. The average molecular weight is 494 g/mol. The maximum Gasteiger partial charge on any atom is 0.261 e. The summed E-state index contributed by atoms with van der Waals surface area (Å²) in [5, 5.41) is 0. The zero-order valence-corrected chi connectivity index (χ0v) is 19.2. The molecule has 28 heavy (non-hydrogen) atoms. The van der Waals surface area contributed by atoms with E-state index in [2.05, 4.69) is 52.5 Å². The molecule has 2 aromatic carbocycles. The molecule has 0 radical (unpaired) electrons. The van der Waals surface area contributed by atoms with Crippen LogP contribution in [0.1, 0.15) is 31.8 Å². The number of nitrogens with one attached hydrogen (secondary N) is 1. The van der Waals surface area contributed by atoms with Crippen molar-refractivity contribution in [3.8, 4) is 0 Å². The molecule has 0 aromatic heterocycles. The van der Waals surface area contributed by atoms with Crippen molar-refractivity contribution in [1.82, 2.24) is 4.90 Å². The highest BCUT2D eigenvalue weighted by atomic mass is 127. The number of fused-ring (bicyclic) bond motifs is 1. The first-order valence-electron chi connectivity index (χ1n) is 9.41. The maximum absolute atomic E-state index is 12.5. The van der Waals surface area contributed by atoms with Gasteiger partial charge in [-0.15, -0.1) is 0 Å². The van der Waals surface area contributed by atoms with Gasteiger partial charge in [-0.1, -0.05) is 36.4 Å². The highest BCUT2D eigenvalue weighted by Gasteiger charge is 2.36. The summed E-state index contributed by atoms with van der Waals surface area (Å²) < 4.78 is 0.714. The lowest BCUT2D eigenvalue weighted by Gasteiger charge is -2.31. The van der Waals surface area contributed by atoms with Crippen LogP contribution in [0.3, 0.4) is 0 Å². The molecule has 150 valence electrons. The Morgan fingerprint density at radius 3 is 1.86 bits per heavy atom. The number of hydrogen-bond donors (Lipinski definition) is 1. The van der Waals surface area contributed by atoms with Crippen LogP contribution in [0.2, 0.25) is 0 Å². The fourth-order valence-electron chi connectivity index (χ4n) is 3.56. The van der Waals surface area contributed by atoms with Gasteiger partial charge in [-0.2, -0.15) is 0 Å². The molecule has 2 amide bonds. The smallest absolute Gasteiger partial charge is 0.261 e. The third-order valence-electron chi connectivity index (χ3n) is 5.00. The van der Waals surface area contributed by atoms with Gasteiger partial charge in [-0.3, -0.25) is 14.5 Å². The fraction of sp³-hybridized carbons (Fsp3) is 0.364. The van der Waals surface area contributed by atoms with E-state index in [1.165, 1.54) is 20.9 Å². The predicted molar refractivity (Wildman–Crippen MR) is 105 cm³/mol. The van der Waals surface area contributed by atoms with Gasteiger partial charge in [0.1, 0.15) is 13.1 Å². The molecule has 1 heterocycles. The standard InChI is InChI=1S/C22H28N3O2.HI/c1-23(2)15-17-9-11-18(12-10-17)16-25(3,4)14-13-24-21(26)19-7-5-6-8-20(19)22(24)27;/h5-12H,13-16H2,1-4H3;1H/q+1;. The maximum atomic E-state index is 12.5. The van der Waals surface area contributed by atoms with Crippen molar-refractivity contribution < 1.29 is 42.9 Å². The Balaban J connectivity index is 0.00000280. The van der Waals surface area contributed by atoms with Crippen molar-refractivity contribution in [2.24, 2.45) is 0 Å². The Labute approximate surface area is 184 Å². The molecule has 6 heteroatoms. The van der Waals surface area contributed by atoms with E-state index in [0.717, 1.165) is 19.6 Å². The third kappa shape index (κ3) is 5.18. The topological polar surface area (TPSA) is 41.8 Å². The van der Waals surface area contributed by atoms with E-state index in [-0.39, 0.29) is 35.8 Å². The van der Waals surface area contributed by atoms with E-state index in [0.29, 0.717) is 22.2 Å². The van der Waals surface area contributed by atoms with Crippen molar-refractivity contribution in [3.05, 3.63) is 70.8 Å². The minimum atomic E-state index is -0.175. The number of amides is 2. The second-order valence-corrected chi connectivity index (χ2v) is 8.33. The summed E-state index contributed by atoms with van der Waals surface area (Å²) in [4.78, 5) is 27.8. The van der Waals surface area contributed by atoms with E-state index in [4.69, 9.17) is 0 Å². The highest BCUT2D eigenvalue weighted by molar-refractivity contribution is 6.21. The van der Waals surface area contributed by atoms with E-state index in [1.54, 1.807) is 24.3 Å². The molecule has 1 aliphatic rings. The van der Waals surface area contributed by atoms with E-state index >= 15 is 0 Å². The lowest BCUT2D eigenvalue weighted by molar-refractivity contribution is -0.902. The lowest BCUT2D eigenvalue weighted by atomic mass is 10.1. The van der Waals surface area contributed by atoms with Gasteiger partial charge in [0, 0.05) is 11.1 Å². The summed E-state index contributed by atoms with van der Waals surface area (Å²) in [5.74, 6) is -0.350. The molecule has 0 saturated carbocycles. The molecule has 0 fully saturated rings. The largest absolute Gasteiger partial charge is 1.00 e. The monoisotopic (exact) mass is 494 g/mol. The Kier molecular flexibility index (Phi) is 7.36. The highest BCUT2D eigenvalue weighted by Crippen LogP contribution is 2.22. The SMILES string of the molecule is C[NH+](C)Cc1ccc(C[N+](C)(C)CCN2C(=O)c3ccccc3C2=O)cc1.[I-]. The molecule has 0 atom stereocenters. The van der Waals surface area contributed by atoms with Crippen molar-refractivity contribution in [1.29, 1.82) is 0 Å². The summed E-state index contributed by atoms with van der Waals surface area (Å²) in [6.45, 7) is 3.02. The number of likely N-dealkylation sites (N-methyl/N-ethyl adjacent to an activating group) is 1. The van der Waals surface area contributed by atoms with Crippen LogP contribution < -0.4 is 28.9 Å². The Bertz CT molecular complexity index is 812. The second-order valence-electron chi connectivity index (χ2n) is 8.33. The molecule has 1 aliphatic heterocycles. The number of halogens is 1. The molecule has 5 nitrogen and oxygen atoms in total. The fourth-order valence-corrected chi connectivity index (χ4v) is 3.56. The number of rotatable bonds is 7. The van der Waals surface area contributed by atoms with Crippen LogP contribution in [0.25, 0.3) is 0 Å². The third-order valence-corrected chi connectivity index (χ3v) is 5.00. The quantitative estimate of drug-likeness (QED) is 0.281. The van der Waals surface area contributed by atoms with Crippen molar-refractivity contribution in [2.45, 2.75) is 13.1 Å². The molecule has 0 spiro atoms. The van der Waals surface area contributed by atoms with Crippen LogP contribution in [-0.4, -0.2) is 62.5 Å². The molecule has 1 N–H and O–H groups in total. The van der Waals surface area contributed by atoms with Gasteiger partial charge in [0.15, 0.2) is 0 Å². The predicted octanol–water partition coefficient (Wildman–Crippen LogP) is -1.79. The van der Waals surface area contributed by atoms with Crippen molar-refractivity contribution in [3.63, 3.8) is 0 Å². The summed E-state index contributed by atoms with van der Waals surface area (Å²) >= 11 is 0. The van der Waals surface area contributed by atoms with Gasteiger partial charge in [0.2, 0.25) is 0 Å². The summed E-state index contributed by atoms with van der Waals surface area (Å²) in [7, 11) is 8.56. The minimum Gasteiger partial charge on any atom is -1.00 e. The lowest BCUT2D eigenvalue weighted by Crippen LogP contribution is -3.04. The van der Waals surface area contributed by atoms with E-state index in [9.17, 15) is 9.59 Å². The van der Waals surface area contributed by atoms with Gasteiger partial charge in [0.25, 0.3) is 11.8 Å². The van der Waals surface area contributed by atoms with Gasteiger partial charge in [0.05, 0.1) is 52.4 Å². The first-order valence-corrected chi connectivity index (χ1v) is 9.41. The first kappa shape index (κ1) is 22.5. The number of carbonyl (C=O) groups excluding carboxylic acids is 2. The number of quaternary nitrogens is 2. The van der Waals surface area contributed by atoms with Gasteiger partial charge >= 0.3 is 0 Å². The summed E-state index contributed by atoms with van der Waals surface area (Å²) in [6.07, 6.45) is 0. The van der Waals surface area contributed by atoms with Crippen molar-refractivity contribution in [2.75, 3.05) is 41.3 Å². The molecule has 3 rings (SSSR count). The summed E-state index contributed by atoms with van der Waals surface area (Å²) in [6, 6.07) is 15.8. The Morgan fingerprint density at radius 1 is 0.857 bits per heavy atom. The van der Waals surface area contributed by atoms with Crippen LogP contribution in [0.4, 0.5) is 0 Å². The molecular formula is C22H29IN3O2+. The second kappa shape index (κ2) is 9.15.